The lowest BCUT2D eigenvalue weighted by molar-refractivity contribution is -0.138. The van der Waals surface area contributed by atoms with Crippen LogP contribution >= 0.6 is 0 Å². The van der Waals surface area contributed by atoms with Crippen LogP contribution in [0, 0.1) is 0 Å². The topological polar surface area (TPSA) is 70.2 Å². The quantitative estimate of drug-likeness (QED) is 0.585. The number of rotatable bonds is 3. The second-order valence-corrected chi connectivity index (χ2v) is 6.72. The maximum Gasteiger partial charge on any atom is 0.416 e. The van der Waals surface area contributed by atoms with E-state index in [1.54, 1.807) is 0 Å². The number of hydrogen-bond acceptors (Lipinski definition) is 2. The number of amides is 3. The summed E-state index contributed by atoms with van der Waals surface area (Å²) in [5.41, 5.74) is -1.77. The molecule has 0 aromatic heterocycles. The summed E-state index contributed by atoms with van der Waals surface area (Å²) in [5.74, 6) is -0.825. The van der Waals surface area contributed by atoms with Crippen LogP contribution in [0.5, 0.6) is 0 Å². The molecule has 5 nitrogen and oxygen atoms in total. The second-order valence-electron chi connectivity index (χ2n) is 6.72. The number of halogens is 6. The van der Waals surface area contributed by atoms with E-state index < -0.39 is 41.5 Å². The molecule has 1 aliphatic rings. The van der Waals surface area contributed by atoms with E-state index in [4.69, 9.17) is 0 Å². The van der Waals surface area contributed by atoms with Gasteiger partial charge in [-0.25, -0.2) is 4.79 Å². The number of allylic oxidation sites excluding steroid dienone is 1. The number of alkyl halides is 6. The molecule has 0 fully saturated rings. The predicted molar refractivity (Wildman–Crippen MR) is 98.6 cm³/mol. The predicted octanol–water partition coefficient (Wildman–Crippen LogP) is 4.99. The Balaban J connectivity index is 1.92. The molecule has 1 aliphatic heterocycles. The average molecular weight is 443 g/mol. The zero-order valence-electron chi connectivity index (χ0n) is 15.8. The Morgan fingerprint density at radius 1 is 0.935 bits per heavy atom. The van der Waals surface area contributed by atoms with Gasteiger partial charge in [0.15, 0.2) is 0 Å². The fraction of sp³-hybridized carbons (Fsp3) is 0.200. The minimum atomic E-state index is -4.61. The van der Waals surface area contributed by atoms with E-state index in [2.05, 4.69) is 16.0 Å². The van der Waals surface area contributed by atoms with Crippen LogP contribution < -0.4 is 16.0 Å². The van der Waals surface area contributed by atoms with E-state index in [1.165, 1.54) is 13.0 Å². The molecule has 0 bridgehead atoms. The molecule has 1 unspecified atom stereocenters. The highest BCUT2D eigenvalue weighted by Gasteiger charge is 2.34. The van der Waals surface area contributed by atoms with Crippen LogP contribution in [-0.2, 0) is 17.1 Å². The molecule has 3 N–H and O–H groups in total. The van der Waals surface area contributed by atoms with Gasteiger partial charge in [-0.1, -0.05) is 18.2 Å². The Bertz CT molecular complexity index is 1040. The first-order valence-corrected chi connectivity index (χ1v) is 8.80. The van der Waals surface area contributed by atoms with Gasteiger partial charge in [-0.15, -0.1) is 0 Å². The summed E-state index contributed by atoms with van der Waals surface area (Å²) in [6.07, 6.45) is -9.18. The van der Waals surface area contributed by atoms with Gasteiger partial charge < -0.3 is 16.0 Å². The molecule has 0 aliphatic carbocycles. The Labute approximate surface area is 172 Å². The van der Waals surface area contributed by atoms with Gasteiger partial charge in [0.2, 0.25) is 0 Å². The molecule has 3 amide bonds. The molecular formula is C20H15F6N3O2. The molecule has 31 heavy (non-hydrogen) atoms. The van der Waals surface area contributed by atoms with Crippen LogP contribution in [-0.4, -0.2) is 11.9 Å². The normalized spacial score (nSPS) is 17.1. The van der Waals surface area contributed by atoms with Crippen molar-refractivity contribution in [3.8, 4) is 0 Å². The van der Waals surface area contributed by atoms with Crippen LogP contribution in [0.2, 0.25) is 0 Å². The number of hydrogen-bond donors (Lipinski definition) is 3. The summed E-state index contributed by atoms with van der Waals surface area (Å²) in [6, 6.07) is 6.01. The number of carbonyl (C=O) groups is 2. The summed E-state index contributed by atoms with van der Waals surface area (Å²) >= 11 is 0. The molecule has 2 aromatic carbocycles. The van der Waals surface area contributed by atoms with Gasteiger partial charge in [-0.3, -0.25) is 4.79 Å². The van der Waals surface area contributed by atoms with Gasteiger partial charge in [0.1, 0.15) is 0 Å². The lowest BCUT2D eigenvalue weighted by Crippen LogP contribution is -2.46. The molecule has 11 heteroatoms. The van der Waals surface area contributed by atoms with Crippen molar-refractivity contribution in [3.63, 3.8) is 0 Å². The third kappa shape index (κ3) is 4.98. The Morgan fingerprint density at radius 2 is 1.55 bits per heavy atom. The smallest absolute Gasteiger partial charge is 0.327 e. The minimum absolute atomic E-state index is 0.0585. The van der Waals surface area contributed by atoms with Crippen molar-refractivity contribution in [2.75, 3.05) is 5.32 Å². The summed E-state index contributed by atoms with van der Waals surface area (Å²) in [6.45, 7) is 1.40. The second kappa shape index (κ2) is 7.97. The molecule has 0 radical (unpaired) electrons. The number of urea groups is 1. The molecule has 3 rings (SSSR count). The van der Waals surface area contributed by atoms with Crippen molar-refractivity contribution in [2.45, 2.75) is 25.3 Å². The first-order chi connectivity index (χ1) is 14.4. The van der Waals surface area contributed by atoms with E-state index >= 15 is 0 Å². The van der Waals surface area contributed by atoms with Gasteiger partial charge in [0.05, 0.1) is 22.7 Å². The monoisotopic (exact) mass is 443 g/mol. The molecule has 0 saturated heterocycles. The van der Waals surface area contributed by atoms with E-state index in [9.17, 15) is 35.9 Å². The van der Waals surface area contributed by atoms with Crippen LogP contribution in [0.1, 0.15) is 29.7 Å². The van der Waals surface area contributed by atoms with E-state index in [-0.39, 0.29) is 22.5 Å². The SMILES string of the molecule is CC1=C(C(=O)Nc2cccc(C(F)(F)F)c2)C(c2ccc(C(F)(F)F)cc2)NC(=O)N1. The van der Waals surface area contributed by atoms with Crippen LogP contribution in [0.3, 0.4) is 0 Å². The molecular weight excluding hydrogens is 428 g/mol. The van der Waals surface area contributed by atoms with Gasteiger partial charge in [0.25, 0.3) is 5.91 Å². The first kappa shape index (κ1) is 22.2. The van der Waals surface area contributed by atoms with Crippen molar-refractivity contribution in [3.05, 3.63) is 76.5 Å². The van der Waals surface area contributed by atoms with Crippen LogP contribution in [0.25, 0.3) is 0 Å². The van der Waals surface area contributed by atoms with Crippen molar-refractivity contribution < 1.29 is 35.9 Å². The average Bonchev–Trinajstić information content (AvgIpc) is 2.66. The molecule has 1 heterocycles. The summed E-state index contributed by atoms with van der Waals surface area (Å²) in [5, 5.41) is 7.16. The van der Waals surface area contributed by atoms with Crippen LogP contribution in [0.4, 0.5) is 36.8 Å². The fourth-order valence-electron chi connectivity index (χ4n) is 3.08. The third-order valence-electron chi connectivity index (χ3n) is 4.53. The van der Waals surface area contributed by atoms with E-state index in [1.807, 2.05) is 0 Å². The zero-order chi connectivity index (χ0) is 23.0. The lowest BCUT2D eigenvalue weighted by atomic mass is 9.94. The third-order valence-corrected chi connectivity index (χ3v) is 4.53. The number of anilines is 1. The maximum atomic E-state index is 12.9. The summed E-state index contributed by atoms with van der Waals surface area (Å²) in [4.78, 5) is 24.7. The molecule has 164 valence electrons. The number of benzene rings is 2. The standard InChI is InChI=1S/C20H15F6N3O2/c1-10-15(17(30)28-14-4-2-3-13(9-14)20(24,25)26)16(29-18(31)27-10)11-5-7-12(8-6-11)19(21,22)23/h2-9,16H,1H3,(H,28,30)(H2,27,29,31). The summed E-state index contributed by atoms with van der Waals surface area (Å²) < 4.78 is 77.2. The van der Waals surface area contributed by atoms with Gasteiger partial charge >= 0.3 is 18.4 Å². The molecule has 2 aromatic rings. The highest BCUT2D eigenvalue weighted by molar-refractivity contribution is 6.06. The maximum absolute atomic E-state index is 12.9. The van der Waals surface area contributed by atoms with E-state index in [0.29, 0.717) is 0 Å². The van der Waals surface area contributed by atoms with E-state index in [0.717, 1.165) is 42.5 Å². The van der Waals surface area contributed by atoms with Crippen molar-refractivity contribution in [2.24, 2.45) is 0 Å². The fourth-order valence-corrected chi connectivity index (χ4v) is 3.08. The Morgan fingerprint density at radius 3 is 2.13 bits per heavy atom. The highest BCUT2D eigenvalue weighted by atomic mass is 19.4. The highest BCUT2D eigenvalue weighted by Crippen LogP contribution is 2.34. The number of nitrogens with one attached hydrogen (secondary N) is 3. The van der Waals surface area contributed by atoms with Gasteiger partial charge in [0, 0.05) is 11.4 Å². The molecule has 1 atom stereocenters. The van der Waals surface area contributed by atoms with Crippen LogP contribution in [0.15, 0.2) is 59.8 Å². The minimum Gasteiger partial charge on any atom is -0.327 e. The number of carbonyl (C=O) groups excluding carboxylic acids is 2. The van der Waals surface area contributed by atoms with Crippen molar-refractivity contribution >= 4 is 17.6 Å². The van der Waals surface area contributed by atoms with Gasteiger partial charge in [-0.2, -0.15) is 26.3 Å². The zero-order valence-corrected chi connectivity index (χ0v) is 15.8. The van der Waals surface area contributed by atoms with Gasteiger partial charge in [-0.05, 0) is 42.8 Å². The Hall–Kier alpha value is -3.50. The van der Waals surface area contributed by atoms with Crippen molar-refractivity contribution in [1.82, 2.24) is 10.6 Å². The lowest BCUT2D eigenvalue weighted by Gasteiger charge is -2.29. The first-order valence-electron chi connectivity index (χ1n) is 8.80. The molecule has 0 spiro atoms. The molecule has 0 saturated carbocycles. The summed E-state index contributed by atoms with van der Waals surface area (Å²) in [7, 11) is 0. The largest absolute Gasteiger partial charge is 0.416 e. The Kier molecular flexibility index (Phi) is 5.70. The van der Waals surface area contributed by atoms with Crippen molar-refractivity contribution in [1.29, 1.82) is 0 Å².